The van der Waals surface area contributed by atoms with Gasteiger partial charge in [0.1, 0.15) is 5.82 Å². The topological polar surface area (TPSA) is 15.3 Å². The van der Waals surface area contributed by atoms with E-state index in [9.17, 15) is 4.39 Å². The minimum Gasteiger partial charge on any atom is -0.308 e. The van der Waals surface area contributed by atoms with E-state index in [1.807, 2.05) is 31.2 Å². The summed E-state index contributed by atoms with van der Waals surface area (Å²) in [5, 5.41) is 3.54. The van der Waals surface area contributed by atoms with Gasteiger partial charge in [-0.05, 0) is 49.8 Å². The lowest BCUT2D eigenvalue weighted by molar-refractivity contribution is 0.340. The normalized spacial score (nSPS) is 12.6. The van der Waals surface area contributed by atoms with Gasteiger partial charge in [-0.1, -0.05) is 36.4 Å². The molecule has 0 heterocycles. The van der Waals surface area contributed by atoms with Crippen LogP contribution in [0.5, 0.6) is 0 Å². The van der Waals surface area contributed by atoms with Gasteiger partial charge in [0.15, 0.2) is 0 Å². The third kappa shape index (κ3) is 4.66. The molecule has 0 saturated heterocycles. The van der Waals surface area contributed by atoms with E-state index >= 15 is 0 Å². The Bertz CT molecular complexity index is 567. The molecular weight excluding hydrogens is 263 g/mol. The van der Waals surface area contributed by atoms with E-state index in [1.165, 1.54) is 11.6 Å². The molecule has 0 aliphatic carbocycles. The first-order valence-electron chi connectivity index (χ1n) is 7.24. The van der Waals surface area contributed by atoms with Crippen molar-refractivity contribution < 1.29 is 4.39 Å². The van der Waals surface area contributed by atoms with Crippen LogP contribution in [0.15, 0.2) is 48.5 Å². The lowest BCUT2D eigenvalue weighted by Crippen LogP contribution is -2.31. The highest BCUT2D eigenvalue weighted by molar-refractivity contribution is 5.27. The highest BCUT2D eigenvalue weighted by Crippen LogP contribution is 2.16. The second-order valence-corrected chi connectivity index (χ2v) is 5.68. The maximum Gasteiger partial charge on any atom is 0.123 e. The molecular formula is C18H23FN2. The Hall–Kier alpha value is -1.71. The Balaban J connectivity index is 2.10. The van der Waals surface area contributed by atoms with E-state index in [0.29, 0.717) is 6.54 Å². The molecule has 0 amide bonds. The number of nitrogens with zero attached hydrogens (tertiary/aromatic N) is 1. The molecule has 0 aliphatic heterocycles. The molecule has 21 heavy (non-hydrogen) atoms. The van der Waals surface area contributed by atoms with Crippen LogP contribution >= 0.6 is 0 Å². The smallest absolute Gasteiger partial charge is 0.123 e. The van der Waals surface area contributed by atoms with E-state index in [1.54, 1.807) is 6.07 Å². The van der Waals surface area contributed by atoms with E-state index in [4.69, 9.17) is 0 Å². The van der Waals surface area contributed by atoms with Gasteiger partial charge in [-0.15, -0.1) is 0 Å². The van der Waals surface area contributed by atoms with Gasteiger partial charge >= 0.3 is 0 Å². The zero-order chi connectivity index (χ0) is 15.2. The fourth-order valence-corrected chi connectivity index (χ4v) is 2.40. The molecule has 0 bridgehead atoms. The van der Waals surface area contributed by atoms with E-state index in [0.717, 1.165) is 17.7 Å². The lowest BCUT2D eigenvalue weighted by atomic mass is 10.0. The van der Waals surface area contributed by atoms with Gasteiger partial charge in [-0.3, -0.25) is 0 Å². The lowest BCUT2D eigenvalue weighted by Gasteiger charge is -2.23. The van der Waals surface area contributed by atoms with Crippen LogP contribution in [0.1, 0.15) is 22.7 Å². The third-order valence-corrected chi connectivity index (χ3v) is 3.60. The van der Waals surface area contributed by atoms with Crippen LogP contribution in [-0.4, -0.2) is 25.5 Å². The first kappa shape index (κ1) is 15.7. The number of nitrogens with one attached hydrogen (secondary N) is 1. The van der Waals surface area contributed by atoms with E-state index < -0.39 is 0 Å². The fraction of sp³-hybridized carbons (Fsp3) is 0.333. The van der Waals surface area contributed by atoms with Crippen molar-refractivity contribution >= 4 is 0 Å². The van der Waals surface area contributed by atoms with Gasteiger partial charge in [0.25, 0.3) is 0 Å². The van der Waals surface area contributed by atoms with Crippen LogP contribution in [0, 0.1) is 12.7 Å². The Morgan fingerprint density at radius 2 is 1.81 bits per heavy atom. The molecule has 2 aromatic carbocycles. The molecule has 3 heteroatoms. The number of halogens is 1. The fourth-order valence-electron chi connectivity index (χ4n) is 2.40. The summed E-state index contributed by atoms with van der Waals surface area (Å²) < 4.78 is 13.4. The molecule has 0 radical (unpaired) electrons. The molecule has 0 fully saturated rings. The Morgan fingerprint density at radius 3 is 2.48 bits per heavy atom. The van der Waals surface area contributed by atoms with Crippen molar-refractivity contribution in [2.75, 3.05) is 20.6 Å². The molecule has 1 atom stereocenters. The summed E-state index contributed by atoms with van der Waals surface area (Å²) in [6.07, 6.45) is 0. The quantitative estimate of drug-likeness (QED) is 0.874. The van der Waals surface area contributed by atoms with Gasteiger partial charge in [-0.25, -0.2) is 4.39 Å². The average Bonchev–Trinajstić information content (AvgIpc) is 2.47. The number of aryl methyl sites for hydroxylation is 1. The summed E-state index contributed by atoms with van der Waals surface area (Å²) in [6, 6.07) is 15.5. The van der Waals surface area contributed by atoms with Gasteiger partial charge < -0.3 is 10.2 Å². The molecule has 1 N–H and O–H groups in total. The molecule has 2 rings (SSSR count). The molecule has 0 saturated carbocycles. The van der Waals surface area contributed by atoms with Crippen LogP contribution in [0.25, 0.3) is 0 Å². The number of likely N-dealkylation sites (N-methyl/N-ethyl adjacent to an activating group) is 1. The van der Waals surface area contributed by atoms with E-state index in [-0.39, 0.29) is 11.9 Å². The second kappa shape index (κ2) is 7.34. The van der Waals surface area contributed by atoms with Crippen LogP contribution in [0.4, 0.5) is 4.39 Å². The van der Waals surface area contributed by atoms with Gasteiger partial charge in [0.05, 0.1) is 0 Å². The minimum atomic E-state index is -0.179. The summed E-state index contributed by atoms with van der Waals surface area (Å²) in [7, 11) is 4.12. The first-order chi connectivity index (χ1) is 10.1. The van der Waals surface area contributed by atoms with Crippen molar-refractivity contribution in [3.05, 3.63) is 71.0 Å². The number of hydrogen-bond donors (Lipinski definition) is 1. The maximum atomic E-state index is 13.4. The monoisotopic (exact) mass is 286 g/mol. The molecule has 0 aliphatic rings. The van der Waals surface area contributed by atoms with Crippen molar-refractivity contribution in [2.24, 2.45) is 0 Å². The van der Waals surface area contributed by atoms with Gasteiger partial charge in [0.2, 0.25) is 0 Å². The summed E-state index contributed by atoms with van der Waals surface area (Å²) in [5.41, 5.74) is 3.37. The Labute approximate surface area is 126 Å². The molecule has 112 valence electrons. The van der Waals surface area contributed by atoms with Gasteiger partial charge in [-0.2, -0.15) is 0 Å². The third-order valence-electron chi connectivity index (χ3n) is 3.60. The molecule has 0 aromatic heterocycles. The highest BCUT2D eigenvalue weighted by Gasteiger charge is 2.12. The second-order valence-electron chi connectivity index (χ2n) is 5.68. The van der Waals surface area contributed by atoms with Crippen LogP contribution < -0.4 is 5.32 Å². The summed E-state index contributed by atoms with van der Waals surface area (Å²) in [4.78, 5) is 2.16. The van der Waals surface area contributed by atoms with Gasteiger partial charge in [0, 0.05) is 19.1 Å². The van der Waals surface area contributed by atoms with Crippen LogP contribution in [0.2, 0.25) is 0 Å². The van der Waals surface area contributed by atoms with Crippen molar-refractivity contribution in [3.8, 4) is 0 Å². The predicted molar refractivity (Wildman–Crippen MR) is 85.7 cm³/mol. The Kier molecular flexibility index (Phi) is 5.48. The molecule has 1 unspecified atom stereocenters. The van der Waals surface area contributed by atoms with Crippen molar-refractivity contribution in [2.45, 2.75) is 19.5 Å². The largest absolute Gasteiger partial charge is 0.308 e. The zero-order valence-electron chi connectivity index (χ0n) is 12.9. The van der Waals surface area contributed by atoms with Crippen LogP contribution in [0.3, 0.4) is 0 Å². The predicted octanol–water partition coefficient (Wildman–Crippen LogP) is 3.53. The highest BCUT2D eigenvalue weighted by atomic mass is 19.1. The average molecular weight is 286 g/mol. The maximum absolute atomic E-state index is 13.4. The van der Waals surface area contributed by atoms with Crippen molar-refractivity contribution in [1.29, 1.82) is 0 Å². The van der Waals surface area contributed by atoms with Crippen LogP contribution in [-0.2, 0) is 6.54 Å². The molecule has 2 aromatic rings. The molecule has 0 spiro atoms. The number of benzene rings is 2. The Morgan fingerprint density at radius 1 is 1.10 bits per heavy atom. The van der Waals surface area contributed by atoms with Crippen molar-refractivity contribution in [3.63, 3.8) is 0 Å². The summed E-state index contributed by atoms with van der Waals surface area (Å²) in [5.74, 6) is -0.179. The number of rotatable bonds is 6. The number of hydrogen-bond acceptors (Lipinski definition) is 2. The summed E-state index contributed by atoms with van der Waals surface area (Å²) in [6.45, 7) is 3.58. The molecule has 2 nitrogen and oxygen atoms in total. The summed E-state index contributed by atoms with van der Waals surface area (Å²) >= 11 is 0. The van der Waals surface area contributed by atoms with Crippen molar-refractivity contribution in [1.82, 2.24) is 10.2 Å². The minimum absolute atomic E-state index is 0.179. The zero-order valence-corrected chi connectivity index (χ0v) is 12.9. The van der Waals surface area contributed by atoms with E-state index in [2.05, 4.69) is 36.4 Å². The SMILES string of the molecule is Cc1ccc(F)cc1CNC(CN(C)C)c1ccccc1. The standard InChI is InChI=1S/C18H23FN2/c1-14-9-10-17(19)11-16(14)12-20-18(13-21(2)3)15-7-5-4-6-8-15/h4-11,18,20H,12-13H2,1-3H3. The first-order valence-corrected chi connectivity index (χ1v) is 7.24.